The van der Waals surface area contributed by atoms with Gasteiger partial charge in [0.2, 0.25) is 0 Å². The molecule has 1 aromatic rings. The maximum Gasteiger partial charge on any atom is 0.258 e. The number of ether oxygens (including phenoxy) is 2. The fourth-order valence-electron chi connectivity index (χ4n) is 8.13. The Kier molecular flexibility index (Phi) is 4.93. The van der Waals surface area contributed by atoms with Gasteiger partial charge in [-0.1, -0.05) is 0 Å². The van der Waals surface area contributed by atoms with Crippen molar-refractivity contribution < 1.29 is 23.9 Å². The second-order valence-corrected chi connectivity index (χ2v) is 13.1. The van der Waals surface area contributed by atoms with Crippen molar-refractivity contribution in [1.29, 1.82) is 0 Å². The third-order valence-corrected chi connectivity index (χ3v) is 10.8. The fourth-order valence-corrected chi connectivity index (χ4v) is 10.1. The van der Waals surface area contributed by atoms with E-state index in [-0.39, 0.29) is 28.8 Å². The molecule has 7 heteroatoms. The third-order valence-electron chi connectivity index (χ3n) is 9.26. The van der Waals surface area contributed by atoms with Crippen LogP contribution in [0.25, 0.3) is 0 Å². The Bertz CT molecular complexity index is 1120. The minimum Gasteiger partial charge on any atom is -0.482 e. The highest BCUT2D eigenvalue weighted by Crippen LogP contribution is 2.64. The molecule has 184 valence electrons. The maximum atomic E-state index is 13.0. The molecule has 5 fully saturated rings. The molecule has 0 saturated heterocycles. The molecule has 8 rings (SSSR count). The molecular weight excluding hydrogens is 462 g/mol. The molecule has 0 aromatic heterocycles. The van der Waals surface area contributed by atoms with Crippen molar-refractivity contribution in [2.45, 2.75) is 93.0 Å². The molecule has 0 N–H and O–H groups in total. The zero-order chi connectivity index (χ0) is 23.9. The highest BCUT2D eigenvalue weighted by atomic mass is 32.2. The summed E-state index contributed by atoms with van der Waals surface area (Å²) in [6.07, 6.45) is 14.7. The first-order valence-electron chi connectivity index (χ1n) is 13.2. The molecule has 0 spiro atoms. The molecule has 2 unspecified atom stereocenters. The van der Waals surface area contributed by atoms with Crippen LogP contribution in [0.15, 0.2) is 17.0 Å². The van der Waals surface area contributed by atoms with Gasteiger partial charge in [0.15, 0.2) is 17.8 Å². The second kappa shape index (κ2) is 7.86. The summed E-state index contributed by atoms with van der Waals surface area (Å²) in [6, 6.07) is 0. The van der Waals surface area contributed by atoms with E-state index in [1.165, 1.54) is 36.3 Å². The normalized spacial score (nSPS) is 36.6. The van der Waals surface area contributed by atoms with Crippen LogP contribution in [0.5, 0.6) is 11.5 Å². The average molecular weight is 494 g/mol. The van der Waals surface area contributed by atoms with E-state index in [2.05, 4.69) is 0 Å². The van der Waals surface area contributed by atoms with Crippen LogP contribution >= 0.6 is 11.8 Å². The maximum absolute atomic E-state index is 13.0. The lowest BCUT2D eigenvalue weighted by molar-refractivity contribution is -0.120. The van der Waals surface area contributed by atoms with Crippen molar-refractivity contribution in [3.63, 3.8) is 0 Å². The van der Waals surface area contributed by atoms with E-state index in [0.717, 1.165) is 79.4 Å². The smallest absolute Gasteiger partial charge is 0.258 e. The van der Waals surface area contributed by atoms with E-state index in [9.17, 15) is 14.4 Å². The minimum absolute atomic E-state index is 0.0457. The molecule has 2 aliphatic heterocycles. The van der Waals surface area contributed by atoms with E-state index in [4.69, 9.17) is 9.47 Å². The summed E-state index contributed by atoms with van der Waals surface area (Å²) >= 11 is 1.75. The monoisotopic (exact) mass is 493 g/mol. The summed E-state index contributed by atoms with van der Waals surface area (Å²) in [5.41, 5.74) is 1.71. The number of fused-ring (bicyclic) bond motifs is 2. The molecule has 35 heavy (non-hydrogen) atoms. The predicted molar refractivity (Wildman–Crippen MR) is 132 cm³/mol. The van der Waals surface area contributed by atoms with Crippen molar-refractivity contribution in [1.82, 2.24) is 0 Å². The topological polar surface area (TPSA) is 72.9 Å². The van der Waals surface area contributed by atoms with Gasteiger partial charge < -0.3 is 9.47 Å². The number of carbonyl (C=O) groups excluding carboxylic acids is 3. The van der Waals surface area contributed by atoms with Crippen molar-refractivity contribution in [2.24, 2.45) is 17.8 Å². The Morgan fingerprint density at radius 2 is 1.46 bits per heavy atom. The number of thioether (sulfide) groups is 1. The van der Waals surface area contributed by atoms with Crippen LogP contribution in [0.3, 0.4) is 0 Å². The molecule has 0 radical (unpaired) electrons. The Morgan fingerprint density at radius 3 is 2.00 bits per heavy atom. The SMILES string of the molecule is Cc1c(C=O)c(SC23CC4CC(CC(C4)C2)C3)c(N2C(=O)C=CC2=O)c2c1OC1CCCCC1O2. The molecular formula is C28H31NO5S. The van der Waals surface area contributed by atoms with Crippen LogP contribution in [-0.2, 0) is 9.59 Å². The molecule has 2 heterocycles. The van der Waals surface area contributed by atoms with E-state index in [1.54, 1.807) is 11.8 Å². The zero-order valence-electron chi connectivity index (χ0n) is 20.1. The summed E-state index contributed by atoms with van der Waals surface area (Å²) < 4.78 is 13.1. The van der Waals surface area contributed by atoms with Crippen molar-refractivity contribution in [3.05, 3.63) is 23.3 Å². The molecule has 1 aromatic carbocycles. The van der Waals surface area contributed by atoms with Gasteiger partial charge in [0.05, 0.1) is 0 Å². The number of hydrogen-bond acceptors (Lipinski definition) is 6. The van der Waals surface area contributed by atoms with Gasteiger partial charge in [-0.3, -0.25) is 14.4 Å². The van der Waals surface area contributed by atoms with Crippen molar-refractivity contribution in [2.75, 3.05) is 4.90 Å². The first-order valence-corrected chi connectivity index (χ1v) is 14.0. The number of nitrogens with zero attached hydrogens (tertiary/aromatic N) is 1. The van der Waals surface area contributed by atoms with Gasteiger partial charge in [-0.05, 0) is 88.9 Å². The van der Waals surface area contributed by atoms with Crippen molar-refractivity contribution in [3.8, 4) is 11.5 Å². The molecule has 6 nitrogen and oxygen atoms in total. The molecule has 2 atom stereocenters. The van der Waals surface area contributed by atoms with Crippen molar-refractivity contribution >= 4 is 35.5 Å². The summed E-state index contributed by atoms with van der Waals surface area (Å²) in [5, 5.41) is 0. The number of benzene rings is 1. The number of imide groups is 1. The molecule has 7 aliphatic rings. The van der Waals surface area contributed by atoms with Crippen LogP contribution in [0.2, 0.25) is 0 Å². The largest absolute Gasteiger partial charge is 0.482 e. The summed E-state index contributed by atoms with van der Waals surface area (Å²) in [6.45, 7) is 1.91. The standard InChI is InChI=1S/C28H31NO5S/c1-15-19(14-30)27(35-28-11-16-8-17(12-28)10-18(9-16)13-28)24(29-22(31)6-7-23(29)32)26-25(15)33-20-4-2-3-5-21(20)34-26/h6-7,14,16-18,20-21H,2-5,8-13H2,1H3. The Hall–Kier alpha value is -2.28. The van der Waals surface area contributed by atoms with Gasteiger partial charge in [0.1, 0.15) is 17.9 Å². The highest BCUT2D eigenvalue weighted by molar-refractivity contribution is 8.01. The lowest BCUT2D eigenvalue weighted by atomic mass is 9.56. The van der Waals surface area contributed by atoms with E-state index in [0.29, 0.717) is 22.7 Å². The van der Waals surface area contributed by atoms with Crippen LogP contribution < -0.4 is 14.4 Å². The molecule has 2 amide bonds. The minimum atomic E-state index is -0.389. The van der Waals surface area contributed by atoms with E-state index < -0.39 is 0 Å². The lowest BCUT2D eigenvalue weighted by Gasteiger charge is -2.56. The number of hydrogen-bond donors (Lipinski definition) is 0. The molecule has 5 saturated carbocycles. The Labute approximate surface area is 209 Å². The summed E-state index contributed by atoms with van der Waals surface area (Å²) in [4.78, 5) is 40.5. The lowest BCUT2D eigenvalue weighted by Crippen LogP contribution is -2.48. The number of anilines is 1. The second-order valence-electron chi connectivity index (χ2n) is 11.6. The van der Waals surface area contributed by atoms with E-state index in [1.807, 2.05) is 6.92 Å². The van der Waals surface area contributed by atoms with Gasteiger partial charge in [-0.2, -0.15) is 0 Å². The quantitative estimate of drug-likeness (QED) is 0.414. The van der Waals surface area contributed by atoms with Crippen LogP contribution in [0.4, 0.5) is 5.69 Å². The fraction of sp³-hybridized carbons (Fsp3) is 0.607. The first kappa shape index (κ1) is 22.0. The Morgan fingerprint density at radius 1 is 0.914 bits per heavy atom. The van der Waals surface area contributed by atoms with Gasteiger partial charge in [0, 0.05) is 32.9 Å². The Balaban J connectivity index is 1.41. The van der Waals surface area contributed by atoms with Crippen LogP contribution in [-0.4, -0.2) is 35.1 Å². The predicted octanol–water partition coefficient (Wildman–Crippen LogP) is 5.38. The summed E-state index contributed by atoms with van der Waals surface area (Å²) in [5.74, 6) is 2.44. The summed E-state index contributed by atoms with van der Waals surface area (Å²) in [7, 11) is 0. The zero-order valence-corrected chi connectivity index (χ0v) is 20.9. The number of rotatable bonds is 4. The third kappa shape index (κ3) is 3.33. The molecule has 5 aliphatic carbocycles. The van der Waals surface area contributed by atoms with E-state index >= 15 is 0 Å². The number of carbonyl (C=O) groups is 3. The number of amides is 2. The highest BCUT2D eigenvalue weighted by Gasteiger charge is 2.53. The van der Waals surface area contributed by atoms with Crippen LogP contribution in [0, 0.1) is 24.7 Å². The van der Waals surface area contributed by atoms with Gasteiger partial charge in [-0.15, -0.1) is 11.8 Å². The molecule has 4 bridgehead atoms. The first-order chi connectivity index (χ1) is 16.9. The van der Waals surface area contributed by atoms with Gasteiger partial charge >= 0.3 is 0 Å². The average Bonchev–Trinajstić information content (AvgIpc) is 3.15. The van der Waals surface area contributed by atoms with Crippen LogP contribution in [0.1, 0.15) is 80.1 Å². The number of aldehydes is 1. The van der Waals surface area contributed by atoms with Gasteiger partial charge in [0.25, 0.3) is 11.8 Å². The van der Waals surface area contributed by atoms with Gasteiger partial charge in [-0.25, -0.2) is 4.90 Å².